The first-order chi connectivity index (χ1) is 12.8. The van der Waals surface area contributed by atoms with Gasteiger partial charge in [0.2, 0.25) is 0 Å². The van der Waals surface area contributed by atoms with Gasteiger partial charge in [0.1, 0.15) is 5.78 Å². The summed E-state index contributed by atoms with van der Waals surface area (Å²) in [5, 5.41) is 3.80. The van der Waals surface area contributed by atoms with Crippen molar-refractivity contribution in [1.29, 1.82) is 0 Å². The summed E-state index contributed by atoms with van der Waals surface area (Å²) in [5.41, 5.74) is 2.45. The van der Waals surface area contributed by atoms with Crippen LogP contribution < -0.4 is 5.32 Å². The van der Waals surface area contributed by atoms with Crippen LogP contribution in [0.15, 0.2) is 60.7 Å². The number of carbonyl (C=O) groups excluding carboxylic acids is 1. The van der Waals surface area contributed by atoms with Gasteiger partial charge in [-0.05, 0) is 17.5 Å². The van der Waals surface area contributed by atoms with Gasteiger partial charge in [0, 0.05) is 24.4 Å². The molecule has 0 aliphatic carbocycles. The van der Waals surface area contributed by atoms with E-state index in [1.807, 2.05) is 12.1 Å². The van der Waals surface area contributed by atoms with Crippen molar-refractivity contribution in [2.75, 3.05) is 0 Å². The molecule has 1 heterocycles. The van der Waals surface area contributed by atoms with Crippen LogP contribution in [-0.2, 0) is 4.79 Å². The topological polar surface area (TPSA) is 29.1 Å². The number of rotatable bonds is 8. The molecule has 2 heteroatoms. The number of hydrogen-bond donors (Lipinski definition) is 1. The zero-order valence-electron chi connectivity index (χ0n) is 15.9. The molecule has 1 aliphatic rings. The number of carbonyl (C=O) groups is 1. The third-order valence-electron chi connectivity index (χ3n) is 5.58. The van der Waals surface area contributed by atoms with Crippen molar-refractivity contribution in [1.82, 2.24) is 5.32 Å². The molecule has 2 nitrogen and oxygen atoms in total. The molecule has 1 N–H and O–H groups in total. The van der Waals surface area contributed by atoms with Crippen LogP contribution in [0, 0.1) is 5.92 Å². The molecule has 3 atom stereocenters. The van der Waals surface area contributed by atoms with E-state index in [9.17, 15) is 4.79 Å². The van der Waals surface area contributed by atoms with Crippen molar-refractivity contribution in [3.05, 3.63) is 71.8 Å². The summed E-state index contributed by atoms with van der Waals surface area (Å²) in [7, 11) is 0. The Balaban J connectivity index is 1.74. The summed E-state index contributed by atoms with van der Waals surface area (Å²) in [6.07, 6.45) is 7.83. The molecular formula is C24H31NO. The van der Waals surface area contributed by atoms with Crippen molar-refractivity contribution in [2.24, 2.45) is 5.92 Å². The lowest BCUT2D eigenvalue weighted by Crippen LogP contribution is -2.42. The van der Waals surface area contributed by atoms with Crippen LogP contribution in [0.5, 0.6) is 0 Å². The van der Waals surface area contributed by atoms with Gasteiger partial charge < -0.3 is 5.32 Å². The highest BCUT2D eigenvalue weighted by Gasteiger charge is 2.36. The third-order valence-corrected chi connectivity index (χ3v) is 5.58. The average molecular weight is 350 g/mol. The van der Waals surface area contributed by atoms with Crippen LogP contribution in [0.1, 0.15) is 75.1 Å². The smallest absolute Gasteiger partial charge is 0.139 e. The van der Waals surface area contributed by atoms with E-state index in [2.05, 4.69) is 60.8 Å². The number of unbranched alkanes of at least 4 members (excludes halogenated alkanes) is 4. The van der Waals surface area contributed by atoms with E-state index < -0.39 is 0 Å². The largest absolute Gasteiger partial charge is 0.302 e. The Morgan fingerprint density at radius 3 is 2.12 bits per heavy atom. The van der Waals surface area contributed by atoms with Crippen molar-refractivity contribution in [2.45, 2.75) is 64.0 Å². The van der Waals surface area contributed by atoms with Crippen molar-refractivity contribution < 1.29 is 4.79 Å². The molecule has 0 radical (unpaired) electrons. The highest BCUT2D eigenvalue weighted by atomic mass is 16.1. The molecule has 138 valence electrons. The van der Waals surface area contributed by atoms with Crippen LogP contribution in [0.25, 0.3) is 0 Å². The Hall–Kier alpha value is -1.93. The summed E-state index contributed by atoms with van der Waals surface area (Å²) in [5.74, 6) is 0.515. The van der Waals surface area contributed by atoms with Crippen LogP contribution >= 0.6 is 0 Å². The van der Waals surface area contributed by atoms with Gasteiger partial charge in [-0.1, -0.05) is 99.7 Å². The maximum atomic E-state index is 13.0. The second kappa shape index (κ2) is 9.68. The number of hydrogen-bond acceptors (Lipinski definition) is 2. The molecule has 0 saturated carbocycles. The van der Waals surface area contributed by atoms with Crippen molar-refractivity contribution in [3.8, 4) is 0 Å². The SMILES string of the molecule is CCCCCCC[C@H]1C(=O)C[C@H](c2ccccc2)N[C@@H]1c1ccccc1. The first kappa shape index (κ1) is 18.8. The molecule has 0 amide bonds. The molecule has 1 fully saturated rings. The maximum Gasteiger partial charge on any atom is 0.139 e. The second-order valence-corrected chi connectivity index (χ2v) is 7.50. The average Bonchev–Trinajstić information content (AvgIpc) is 2.70. The highest BCUT2D eigenvalue weighted by Crippen LogP contribution is 2.37. The molecule has 1 saturated heterocycles. The zero-order valence-corrected chi connectivity index (χ0v) is 15.9. The minimum Gasteiger partial charge on any atom is -0.302 e. The first-order valence-corrected chi connectivity index (χ1v) is 10.2. The van der Waals surface area contributed by atoms with Gasteiger partial charge in [0.15, 0.2) is 0 Å². The van der Waals surface area contributed by atoms with Crippen molar-refractivity contribution in [3.63, 3.8) is 0 Å². The van der Waals surface area contributed by atoms with E-state index in [4.69, 9.17) is 0 Å². The molecule has 2 aromatic rings. The number of nitrogens with one attached hydrogen (secondary N) is 1. The van der Waals surface area contributed by atoms with E-state index in [0.717, 1.165) is 12.8 Å². The Bertz CT molecular complexity index is 667. The minimum absolute atomic E-state index is 0.0963. The molecule has 26 heavy (non-hydrogen) atoms. The molecule has 0 spiro atoms. The number of benzene rings is 2. The molecule has 0 aromatic heterocycles. The summed E-state index contributed by atoms with van der Waals surface area (Å²) in [4.78, 5) is 13.0. The van der Waals surface area contributed by atoms with Gasteiger partial charge >= 0.3 is 0 Å². The van der Waals surface area contributed by atoms with E-state index in [0.29, 0.717) is 12.2 Å². The molecular weight excluding hydrogens is 318 g/mol. The molecule has 2 aromatic carbocycles. The Morgan fingerprint density at radius 2 is 1.46 bits per heavy atom. The van der Waals surface area contributed by atoms with E-state index in [-0.39, 0.29) is 18.0 Å². The lowest BCUT2D eigenvalue weighted by atomic mass is 9.78. The van der Waals surface area contributed by atoms with Crippen LogP contribution in [0.3, 0.4) is 0 Å². The van der Waals surface area contributed by atoms with E-state index in [1.165, 1.54) is 36.8 Å². The van der Waals surface area contributed by atoms with Gasteiger partial charge in [0.25, 0.3) is 0 Å². The molecule has 0 bridgehead atoms. The van der Waals surface area contributed by atoms with Crippen LogP contribution in [-0.4, -0.2) is 5.78 Å². The first-order valence-electron chi connectivity index (χ1n) is 10.2. The van der Waals surface area contributed by atoms with E-state index in [1.54, 1.807) is 0 Å². The summed E-state index contributed by atoms with van der Waals surface area (Å²) in [6.45, 7) is 2.24. The van der Waals surface area contributed by atoms with Gasteiger partial charge in [-0.15, -0.1) is 0 Å². The number of ketones is 1. The lowest BCUT2D eigenvalue weighted by Gasteiger charge is -2.37. The quantitative estimate of drug-likeness (QED) is 0.591. The molecule has 3 rings (SSSR count). The summed E-state index contributed by atoms with van der Waals surface area (Å²) in [6, 6.07) is 21.1. The monoisotopic (exact) mass is 349 g/mol. The summed E-state index contributed by atoms with van der Waals surface area (Å²) < 4.78 is 0. The van der Waals surface area contributed by atoms with Gasteiger partial charge in [-0.3, -0.25) is 4.79 Å². The predicted octanol–water partition coefficient (Wildman–Crippen LogP) is 6.01. The fraction of sp³-hybridized carbons (Fsp3) is 0.458. The molecule has 1 aliphatic heterocycles. The number of Topliss-reactive ketones (excluding diaryl/α,β-unsaturated/α-hetero) is 1. The standard InChI is InChI=1S/C24H31NO/c1-2-3-4-5-12-17-21-23(26)18-22(19-13-8-6-9-14-19)25-24(21)20-15-10-7-11-16-20/h6-11,13-16,21-22,24-25H,2-5,12,17-18H2,1H3/t21-,22+,24+/m0/s1. The Kier molecular flexibility index (Phi) is 7.02. The van der Waals surface area contributed by atoms with E-state index >= 15 is 0 Å². The maximum absolute atomic E-state index is 13.0. The third kappa shape index (κ3) is 4.82. The lowest BCUT2D eigenvalue weighted by molar-refractivity contribution is -0.127. The molecule has 0 unspecified atom stereocenters. The fourth-order valence-corrected chi connectivity index (χ4v) is 4.11. The second-order valence-electron chi connectivity index (χ2n) is 7.50. The predicted molar refractivity (Wildman–Crippen MR) is 108 cm³/mol. The van der Waals surface area contributed by atoms with Crippen LogP contribution in [0.2, 0.25) is 0 Å². The normalized spacial score (nSPS) is 23.1. The Morgan fingerprint density at radius 1 is 0.846 bits per heavy atom. The van der Waals surface area contributed by atoms with Crippen molar-refractivity contribution >= 4 is 5.78 Å². The van der Waals surface area contributed by atoms with Gasteiger partial charge in [-0.2, -0.15) is 0 Å². The zero-order chi connectivity index (χ0) is 18.2. The number of piperidine rings is 1. The van der Waals surface area contributed by atoms with Gasteiger partial charge in [-0.25, -0.2) is 0 Å². The fourth-order valence-electron chi connectivity index (χ4n) is 4.11. The van der Waals surface area contributed by atoms with Crippen LogP contribution in [0.4, 0.5) is 0 Å². The summed E-state index contributed by atoms with van der Waals surface area (Å²) >= 11 is 0. The van der Waals surface area contributed by atoms with Gasteiger partial charge in [0.05, 0.1) is 0 Å². The minimum atomic E-state index is 0.0963. The highest BCUT2D eigenvalue weighted by molar-refractivity contribution is 5.83. The Labute approximate surface area is 158 Å².